The lowest BCUT2D eigenvalue weighted by molar-refractivity contribution is 0.0697. The SMILES string of the molecule is N#Cc1ccccc1C=C1CCN(c2ccc(C(=O)O)cc2)CC1. The summed E-state index contributed by atoms with van der Waals surface area (Å²) < 4.78 is 0. The van der Waals surface area contributed by atoms with Gasteiger partial charge in [0.1, 0.15) is 0 Å². The summed E-state index contributed by atoms with van der Waals surface area (Å²) in [5, 5.41) is 18.1. The van der Waals surface area contributed by atoms with Crippen LogP contribution in [0.5, 0.6) is 0 Å². The van der Waals surface area contributed by atoms with Crippen LogP contribution in [0.15, 0.2) is 54.1 Å². The second kappa shape index (κ2) is 7.01. The van der Waals surface area contributed by atoms with Gasteiger partial charge >= 0.3 is 5.97 Å². The zero-order valence-electron chi connectivity index (χ0n) is 13.3. The van der Waals surface area contributed by atoms with Gasteiger partial charge in [-0.2, -0.15) is 5.26 Å². The molecule has 0 unspecified atom stereocenters. The molecule has 0 atom stereocenters. The summed E-state index contributed by atoms with van der Waals surface area (Å²) >= 11 is 0. The van der Waals surface area contributed by atoms with E-state index in [1.165, 1.54) is 5.57 Å². The van der Waals surface area contributed by atoms with Crippen LogP contribution in [-0.4, -0.2) is 24.2 Å². The number of rotatable bonds is 3. The molecule has 4 heteroatoms. The first-order chi connectivity index (χ1) is 11.7. The summed E-state index contributed by atoms with van der Waals surface area (Å²) in [6.07, 6.45) is 4.02. The van der Waals surface area contributed by atoms with E-state index in [-0.39, 0.29) is 0 Å². The van der Waals surface area contributed by atoms with Gasteiger partial charge in [-0.15, -0.1) is 0 Å². The average Bonchev–Trinajstić information content (AvgIpc) is 2.63. The molecule has 24 heavy (non-hydrogen) atoms. The van der Waals surface area contributed by atoms with Crippen molar-refractivity contribution in [3.8, 4) is 6.07 Å². The van der Waals surface area contributed by atoms with Crippen LogP contribution >= 0.6 is 0 Å². The number of carboxylic acids is 1. The Morgan fingerprint density at radius 3 is 2.38 bits per heavy atom. The molecular formula is C20H18N2O2. The molecule has 0 amide bonds. The minimum Gasteiger partial charge on any atom is -0.478 e. The Hall–Kier alpha value is -3.06. The summed E-state index contributed by atoms with van der Waals surface area (Å²) in [5.74, 6) is -0.901. The molecule has 1 heterocycles. The van der Waals surface area contributed by atoms with Crippen molar-refractivity contribution < 1.29 is 9.90 Å². The second-order valence-corrected chi connectivity index (χ2v) is 5.84. The Morgan fingerprint density at radius 2 is 1.75 bits per heavy atom. The van der Waals surface area contributed by atoms with Crippen molar-refractivity contribution in [2.45, 2.75) is 12.8 Å². The van der Waals surface area contributed by atoms with E-state index in [1.54, 1.807) is 12.1 Å². The first-order valence-corrected chi connectivity index (χ1v) is 7.94. The summed E-state index contributed by atoms with van der Waals surface area (Å²) in [6.45, 7) is 1.79. The van der Waals surface area contributed by atoms with Gasteiger partial charge in [0.05, 0.1) is 17.2 Å². The number of hydrogen-bond donors (Lipinski definition) is 1. The molecule has 120 valence electrons. The zero-order valence-corrected chi connectivity index (χ0v) is 13.3. The van der Waals surface area contributed by atoms with Crippen molar-refractivity contribution in [3.63, 3.8) is 0 Å². The van der Waals surface area contributed by atoms with Crippen molar-refractivity contribution in [2.24, 2.45) is 0 Å². The molecule has 4 nitrogen and oxygen atoms in total. The van der Waals surface area contributed by atoms with Gasteiger partial charge in [0.2, 0.25) is 0 Å². The van der Waals surface area contributed by atoms with Crippen LogP contribution in [0.3, 0.4) is 0 Å². The Bertz CT molecular complexity index is 806. The van der Waals surface area contributed by atoms with Crippen LogP contribution in [0, 0.1) is 11.3 Å². The third-order valence-electron chi connectivity index (χ3n) is 4.33. The number of benzene rings is 2. The van der Waals surface area contributed by atoms with E-state index in [1.807, 2.05) is 36.4 Å². The number of aromatic carboxylic acids is 1. The van der Waals surface area contributed by atoms with Crippen molar-refractivity contribution >= 4 is 17.7 Å². The third-order valence-corrected chi connectivity index (χ3v) is 4.33. The molecular weight excluding hydrogens is 300 g/mol. The van der Waals surface area contributed by atoms with E-state index in [0.717, 1.165) is 37.2 Å². The van der Waals surface area contributed by atoms with Crippen LogP contribution in [0.4, 0.5) is 5.69 Å². The zero-order chi connectivity index (χ0) is 16.9. The van der Waals surface area contributed by atoms with Gasteiger partial charge in [-0.1, -0.05) is 29.8 Å². The molecule has 0 radical (unpaired) electrons. The molecule has 1 fully saturated rings. The van der Waals surface area contributed by atoms with Gasteiger partial charge in [-0.05, 0) is 48.7 Å². The highest BCUT2D eigenvalue weighted by molar-refractivity contribution is 5.88. The van der Waals surface area contributed by atoms with Gasteiger partial charge in [0.25, 0.3) is 0 Å². The van der Waals surface area contributed by atoms with Gasteiger partial charge in [0.15, 0.2) is 0 Å². The minimum atomic E-state index is -0.901. The summed E-state index contributed by atoms with van der Waals surface area (Å²) in [5.41, 5.74) is 4.39. The normalized spacial score (nSPS) is 14.1. The van der Waals surface area contributed by atoms with E-state index in [2.05, 4.69) is 17.0 Å². The maximum Gasteiger partial charge on any atom is 0.335 e. The molecule has 2 aromatic carbocycles. The summed E-state index contributed by atoms with van der Waals surface area (Å²) in [4.78, 5) is 13.2. The first kappa shape index (κ1) is 15.8. The topological polar surface area (TPSA) is 64.3 Å². The number of anilines is 1. The molecule has 1 saturated heterocycles. The van der Waals surface area contributed by atoms with Crippen LogP contribution in [0.2, 0.25) is 0 Å². The average molecular weight is 318 g/mol. The lowest BCUT2D eigenvalue weighted by Crippen LogP contribution is -2.30. The monoisotopic (exact) mass is 318 g/mol. The van der Waals surface area contributed by atoms with E-state index in [9.17, 15) is 10.1 Å². The molecule has 1 aliphatic heterocycles. The Kier molecular flexibility index (Phi) is 4.62. The number of nitrogens with zero attached hydrogens (tertiary/aromatic N) is 2. The number of carbonyl (C=O) groups is 1. The predicted octanol–water partition coefficient (Wildman–Crippen LogP) is 3.94. The molecule has 3 rings (SSSR count). The number of hydrogen-bond acceptors (Lipinski definition) is 3. The fourth-order valence-corrected chi connectivity index (χ4v) is 2.96. The molecule has 0 saturated carbocycles. The standard InChI is InChI=1S/C20H18N2O2/c21-14-18-4-2-1-3-17(18)13-15-9-11-22(12-10-15)19-7-5-16(6-8-19)20(23)24/h1-8,13H,9-12H2,(H,23,24). The van der Waals surface area contributed by atoms with Gasteiger partial charge < -0.3 is 10.0 Å². The Morgan fingerprint density at radius 1 is 1.08 bits per heavy atom. The molecule has 0 spiro atoms. The molecule has 0 aliphatic carbocycles. The van der Waals surface area contributed by atoms with Crippen molar-refractivity contribution in [2.75, 3.05) is 18.0 Å². The van der Waals surface area contributed by atoms with Crippen molar-refractivity contribution in [1.82, 2.24) is 0 Å². The van der Waals surface area contributed by atoms with Crippen LogP contribution < -0.4 is 4.90 Å². The van der Waals surface area contributed by atoms with Crippen LogP contribution in [0.1, 0.15) is 34.3 Å². The number of piperidine rings is 1. The summed E-state index contributed by atoms with van der Waals surface area (Å²) in [7, 11) is 0. The molecule has 1 N–H and O–H groups in total. The molecule has 2 aromatic rings. The Labute approximate surface area is 141 Å². The van der Waals surface area contributed by atoms with Gasteiger partial charge in [-0.3, -0.25) is 0 Å². The lowest BCUT2D eigenvalue weighted by atomic mass is 9.98. The van der Waals surface area contributed by atoms with E-state index in [0.29, 0.717) is 11.1 Å². The van der Waals surface area contributed by atoms with E-state index >= 15 is 0 Å². The quantitative estimate of drug-likeness (QED) is 0.931. The minimum absolute atomic E-state index is 0.310. The number of nitriles is 1. The van der Waals surface area contributed by atoms with Gasteiger partial charge in [-0.25, -0.2) is 4.79 Å². The molecule has 0 aromatic heterocycles. The second-order valence-electron chi connectivity index (χ2n) is 5.84. The van der Waals surface area contributed by atoms with Crippen molar-refractivity contribution in [1.29, 1.82) is 5.26 Å². The predicted molar refractivity (Wildman–Crippen MR) is 94.0 cm³/mol. The van der Waals surface area contributed by atoms with Gasteiger partial charge in [0, 0.05) is 18.8 Å². The van der Waals surface area contributed by atoms with Crippen LogP contribution in [-0.2, 0) is 0 Å². The highest BCUT2D eigenvalue weighted by Gasteiger charge is 2.15. The van der Waals surface area contributed by atoms with Crippen molar-refractivity contribution in [3.05, 3.63) is 70.8 Å². The third kappa shape index (κ3) is 3.47. The first-order valence-electron chi connectivity index (χ1n) is 7.94. The summed E-state index contributed by atoms with van der Waals surface area (Å²) in [6, 6.07) is 16.9. The van der Waals surface area contributed by atoms with Crippen LogP contribution in [0.25, 0.3) is 6.08 Å². The molecule has 1 aliphatic rings. The smallest absolute Gasteiger partial charge is 0.335 e. The highest BCUT2D eigenvalue weighted by Crippen LogP contribution is 2.25. The highest BCUT2D eigenvalue weighted by atomic mass is 16.4. The number of carboxylic acid groups (broad SMARTS) is 1. The molecule has 0 bridgehead atoms. The van der Waals surface area contributed by atoms with E-state index in [4.69, 9.17) is 5.11 Å². The maximum atomic E-state index is 10.9. The fraction of sp³-hybridized carbons (Fsp3) is 0.200. The Balaban J connectivity index is 1.68. The fourth-order valence-electron chi connectivity index (χ4n) is 2.96. The largest absolute Gasteiger partial charge is 0.478 e. The lowest BCUT2D eigenvalue weighted by Gasteiger charge is -2.30. The van der Waals surface area contributed by atoms with E-state index < -0.39 is 5.97 Å². The maximum absolute atomic E-state index is 10.9.